The fourth-order valence-corrected chi connectivity index (χ4v) is 5.76. The van der Waals surface area contributed by atoms with Crippen molar-refractivity contribution in [1.29, 1.82) is 0 Å². The molecule has 0 aliphatic carbocycles. The van der Waals surface area contributed by atoms with Crippen LogP contribution in [0.4, 0.5) is 4.79 Å². The molecule has 0 saturated heterocycles. The predicted molar refractivity (Wildman–Crippen MR) is 204 cm³/mol. The third-order valence-corrected chi connectivity index (χ3v) is 8.07. The van der Waals surface area contributed by atoms with E-state index in [2.05, 4.69) is 23.5 Å². The van der Waals surface area contributed by atoms with Crippen LogP contribution in [0.1, 0.15) is 102 Å². The van der Waals surface area contributed by atoms with Gasteiger partial charge in [-0.3, -0.25) is 9.59 Å². The lowest BCUT2D eigenvalue weighted by molar-refractivity contribution is -0.159. The lowest BCUT2D eigenvalue weighted by atomic mass is 9.95. The first-order chi connectivity index (χ1) is 24.6. The smallest absolute Gasteiger partial charge is 0.408 e. The molecule has 0 spiro atoms. The maximum absolute atomic E-state index is 15.0. The minimum absolute atomic E-state index is 0.143. The summed E-state index contributed by atoms with van der Waals surface area (Å²) in [6.45, 7) is 12.8. The number of carbonyl (C=O) groups excluding carboxylic acids is 4. The van der Waals surface area contributed by atoms with E-state index in [1.54, 1.807) is 65.8 Å². The number of carbonyl (C=O) groups is 4. The molecule has 0 fully saturated rings. The number of benzene rings is 3. The third-order valence-electron chi connectivity index (χ3n) is 8.07. The molecule has 9 heteroatoms. The highest BCUT2D eigenvalue weighted by molar-refractivity contribution is 5.94. The van der Waals surface area contributed by atoms with Gasteiger partial charge in [0.15, 0.2) is 0 Å². The molecule has 3 atom stereocenters. The van der Waals surface area contributed by atoms with Gasteiger partial charge in [0.25, 0.3) is 0 Å². The van der Waals surface area contributed by atoms with Gasteiger partial charge in [0, 0.05) is 24.9 Å². The Labute approximate surface area is 309 Å². The minimum atomic E-state index is -1.25. The van der Waals surface area contributed by atoms with Gasteiger partial charge in [0.2, 0.25) is 11.8 Å². The number of nitrogens with zero attached hydrogens (tertiary/aromatic N) is 1. The van der Waals surface area contributed by atoms with Crippen LogP contribution in [-0.4, -0.2) is 58.6 Å². The summed E-state index contributed by atoms with van der Waals surface area (Å²) in [4.78, 5) is 58.1. The topological polar surface area (TPSA) is 114 Å². The van der Waals surface area contributed by atoms with Gasteiger partial charge in [-0.1, -0.05) is 111 Å². The van der Waals surface area contributed by atoms with E-state index in [1.807, 2.05) is 60.7 Å². The molecule has 0 aliphatic heterocycles. The fraction of sp³-hybridized carbons (Fsp3) is 0.442. The summed E-state index contributed by atoms with van der Waals surface area (Å²) in [6.07, 6.45) is 8.82. The lowest BCUT2D eigenvalue weighted by Crippen LogP contribution is -2.55. The van der Waals surface area contributed by atoms with E-state index in [0.717, 1.165) is 30.4 Å². The molecule has 52 heavy (non-hydrogen) atoms. The molecule has 3 unspecified atom stereocenters. The number of ether oxygens (including phenoxy) is 2. The van der Waals surface area contributed by atoms with Gasteiger partial charge < -0.3 is 25.0 Å². The van der Waals surface area contributed by atoms with Crippen molar-refractivity contribution in [1.82, 2.24) is 15.5 Å². The largest absolute Gasteiger partial charge is 0.458 e. The molecule has 0 radical (unpaired) electrons. The maximum atomic E-state index is 15.0. The highest BCUT2D eigenvalue weighted by Crippen LogP contribution is 2.28. The predicted octanol–water partition coefficient (Wildman–Crippen LogP) is 7.32. The summed E-state index contributed by atoms with van der Waals surface area (Å²) in [5.41, 5.74) is 0.839. The molecule has 2 N–H and O–H groups in total. The van der Waals surface area contributed by atoms with Crippen LogP contribution < -0.4 is 10.6 Å². The van der Waals surface area contributed by atoms with Crippen LogP contribution in [0.2, 0.25) is 0 Å². The second-order valence-electron chi connectivity index (χ2n) is 14.9. The molecule has 0 aliphatic rings. The van der Waals surface area contributed by atoms with E-state index in [9.17, 15) is 19.2 Å². The average molecular weight is 710 g/mol. The molecule has 3 aromatic rings. The zero-order chi connectivity index (χ0) is 38.3. The van der Waals surface area contributed by atoms with E-state index >= 15 is 0 Å². The Balaban J connectivity index is 2.16. The summed E-state index contributed by atoms with van der Waals surface area (Å²) < 4.78 is 11.3. The van der Waals surface area contributed by atoms with Gasteiger partial charge in [-0.2, -0.15) is 0 Å². The lowest BCUT2D eigenvalue weighted by Gasteiger charge is -2.36. The monoisotopic (exact) mass is 709 g/mol. The summed E-state index contributed by atoms with van der Waals surface area (Å²) in [6, 6.07) is 22.2. The van der Waals surface area contributed by atoms with E-state index in [1.165, 1.54) is 4.90 Å². The minimum Gasteiger partial charge on any atom is -0.458 e. The average Bonchev–Trinajstić information content (AvgIpc) is 3.08. The third kappa shape index (κ3) is 13.6. The number of rotatable bonds is 16. The molecule has 0 aromatic heterocycles. The summed E-state index contributed by atoms with van der Waals surface area (Å²) >= 11 is 0. The van der Waals surface area contributed by atoms with Crippen molar-refractivity contribution < 1.29 is 28.7 Å². The van der Waals surface area contributed by atoms with Crippen LogP contribution in [0.15, 0.2) is 84.9 Å². The molecule has 3 amide bonds. The molecule has 278 valence electrons. The number of hydrogen-bond donors (Lipinski definition) is 2. The second-order valence-corrected chi connectivity index (χ2v) is 14.9. The van der Waals surface area contributed by atoms with Crippen LogP contribution in [0.5, 0.6) is 0 Å². The molecule has 0 saturated carbocycles. The number of unbranched alkanes of at least 4 members (excludes halogenated alkanes) is 3. The van der Waals surface area contributed by atoms with Gasteiger partial charge in [-0.05, 0) is 70.7 Å². The van der Waals surface area contributed by atoms with Crippen LogP contribution in [0.25, 0.3) is 0 Å². The van der Waals surface area contributed by atoms with Crippen molar-refractivity contribution in [2.45, 2.75) is 116 Å². The number of nitrogens with one attached hydrogen (secondary N) is 2. The van der Waals surface area contributed by atoms with Gasteiger partial charge in [0.05, 0.1) is 0 Å². The molecule has 9 nitrogen and oxygen atoms in total. The maximum Gasteiger partial charge on any atom is 0.408 e. The Kier molecular flexibility index (Phi) is 15.5. The molecule has 3 aromatic carbocycles. The highest BCUT2D eigenvalue weighted by Gasteiger charge is 2.39. The van der Waals surface area contributed by atoms with Crippen LogP contribution in [0.3, 0.4) is 0 Å². The Morgan fingerprint density at radius 1 is 0.712 bits per heavy atom. The van der Waals surface area contributed by atoms with Crippen LogP contribution >= 0.6 is 0 Å². The summed E-state index contributed by atoms with van der Waals surface area (Å²) in [7, 11) is 0. The second kappa shape index (κ2) is 19.5. The van der Waals surface area contributed by atoms with E-state index < -0.39 is 53.2 Å². The Morgan fingerprint density at radius 3 is 1.79 bits per heavy atom. The first-order valence-corrected chi connectivity index (χ1v) is 18.1. The standard InChI is InChI=1S/C43H55N3O6/c1-9-11-12-21-28-46(39(48)35(29-31-22-15-13-16-23-31)45-41(50)52-43(6,7)8)37(34-27-20-19-26-33(34)10-2)38(47)44-36(40(49)51-42(3,4)5)30-32-24-17-14-18-25-32/h2,13-20,22-27,35-37H,9,11-12,21,28-30H2,1,3-8H3,(H,44,47)(H,45,50). The van der Waals surface area contributed by atoms with Crippen molar-refractivity contribution in [2.75, 3.05) is 6.54 Å². The van der Waals surface area contributed by atoms with E-state index in [0.29, 0.717) is 17.5 Å². The van der Waals surface area contributed by atoms with Crippen molar-refractivity contribution in [3.63, 3.8) is 0 Å². The van der Waals surface area contributed by atoms with Crippen LogP contribution in [-0.2, 0) is 36.7 Å². The SMILES string of the molecule is C#Cc1ccccc1C(C(=O)NC(Cc1ccccc1)C(=O)OC(C)(C)C)N(CCCCCC)C(=O)C(Cc1ccccc1)NC(=O)OC(C)(C)C. The molecular formula is C43H55N3O6. The van der Waals surface area contributed by atoms with E-state index in [4.69, 9.17) is 15.9 Å². The number of alkyl carbamates (subject to hydrolysis) is 1. The summed E-state index contributed by atoms with van der Waals surface area (Å²) in [5.74, 6) is 0.974. The fourth-order valence-electron chi connectivity index (χ4n) is 5.76. The molecular weight excluding hydrogens is 654 g/mol. The zero-order valence-electron chi connectivity index (χ0n) is 31.7. The quantitative estimate of drug-likeness (QED) is 0.0916. The van der Waals surface area contributed by atoms with Gasteiger partial charge in [-0.15, -0.1) is 6.42 Å². The normalized spacial score (nSPS) is 13.1. The highest BCUT2D eigenvalue weighted by atomic mass is 16.6. The molecule has 3 rings (SSSR count). The Bertz CT molecular complexity index is 1650. The molecule has 0 heterocycles. The van der Waals surface area contributed by atoms with Crippen molar-refractivity contribution in [3.8, 4) is 12.3 Å². The number of esters is 1. The first kappa shape index (κ1) is 41.3. The van der Waals surface area contributed by atoms with E-state index in [-0.39, 0.29) is 19.4 Å². The van der Waals surface area contributed by atoms with Gasteiger partial charge in [-0.25, -0.2) is 9.59 Å². The number of amides is 3. The number of hydrogen-bond acceptors (Lipinski definition) is 6. The Hall–Kier alpha value is -5.10. The summed E-state index contributed by atoms with van der Waals surface area (Å²) in [5, 5.41) is 5.74. The van der Waals surface area contributed by atoms with Crippen molar-refractivity contribution in [3.05, 3.63) is 107 Å². The van der Waals surface area contributed by atoms with Crippen LogP contribution in [0, 0.1) is 12.3 Å². The Morgan fingerprint density at radius 2 is 1.25 bits per heavy atom. The first-order valence-electron chi connectivity index (χ1n) is 18.1. The number of terminal acetylenes is 1. The van der Waals surface area contributed by atoms with Crippen molar-refractivity contribution in [2.24, 2.45) is 0 Å². The van der Waals surface area contributed by atoms with Crippen molar-refractivity contribution >= 4 is 23.9 Å². The van der Waals surface area contributed by atoms with Gasteiger partial charge >= 0.3 is 12.1 Å². The van der Waals surface area contributed by atoms with Gasteiger partial charge in [0.1, 0.15) is 29.3 Å². The zero-order valence-corrected chi connectivity index (χ0v) is 31.7. The molecule has 0 bridgehead atoms.